The second-order valence-corrected chi connectivity index (χ2v) is 4.77. The van der Waals surface area contributed by atoms with Gasteiger partial charge in [0.15, 0.2) is 0 Å². The lowest BCUT2D eigenvalue weighted by Crippen LogP contribution is -2.03. The molecule has 0 fully saturated rings. The molecule has 0 unspecified atom stereocenters. The van der Waals surface area contributed by atoms with Crippen LogP contribution < -0.4 is 9.47 Å². The molecule has 0 saturated carbocycles. The topological polar surface area (TPSA) is 56.5 Å². The van der Waals surface area contributed by atoms with Gasteiger partial charge in [0, 0.05) is 0 Å². The van der Waals surface area contributed by atoms with E-state index in [1.54, 1.807) is 18.9 Å². The van der Waals surface area contributed by atoms with Crippen LogP contribution in [0.3, 0.4) is 0 Å². The molecule has 0 amide bonds. The van der Waals surface area contributed by atoms with Gasteiger partial charge >= 0.3 is 0 Å². The van der Waals surface area contributed by atoms with Crippen LogP contribution in [0.2, 0.25) is 0 Å². The molecule has 1 N–H and O–H groups in total. The van der Waals surface area contributed by atoms with Gasteiger partial charge in [-0.1, -0.05) is 26.0 Å². The molecule has 0 atom stereocenters. The van der Waals surface area contributed by atoms with Crippen molar-refractivity contribution >= 4 is 0 Å². The predicted octanol–water partition coefficient (Wildman–Crippen LogP) is 2.51. The first-order valence-electron chi connectivity index (χ1n) is 6.54. The van der Waals surface area contributed by atoms with Crippen molar-refractivity contribution in [1.29, 1.82) is 0 Å². The van der Waals surface area contributed by atoms with E-state index < -0.39 is 0 Å². The normalized spacial score (nSPS) is 10.9. The maximum atomic E-state index is 9.60. The quantitative estimate of drug-likeness (QED) is 0.911. The standard InChI is InChI=1S/C15H20N2O3/c1-10(2)14-11(9-18)15(20-4)17(16-14)12-7-5-6-8-13(12)19-3/h5-8,10,18H,9H2,1-4H3. The second-order valence-electron chi connectivity index (χ2n) is 4.77. The van der Waals surface area contributed by atoms with E-state index in [4.69, 9.17) is 9.47 Å². The molecule has 108 valence electrons. The minimum Gasteiger partial charge on any atom is -0.494 e. The van der Waals surface area contributed by atoms with E-state index in [0.717, 1.165) is 11.4 Å². The molecule has 2 aromatic rings. The van der Waals surface area contributed by atoms with Crippen LogP contribution in [-0.2, 0) is 6.61 Å². The summed E-state index contributed by atoms with van der Waals surface area (Å²) in [6.45, 7) is 3.97. The third-order valence-corrected chi connectivity index (χ3v) is 3.18. The number of methoxy groups -OCH3 is 2. The Morgan fingerprint density at radius 3 is 2.45 bits per heavy atom. The molecule has 20 heavy (non-hydrogen) atoms. The molecule has 0 aliphatic rings. The summed E-state index contributed by atoms with van der Waals surface area (Å²) < 4.78 is 12.5. The van der Waals surface area contributed by atoms with Crippen molar-refractivity contribution in [2.75, 3.05) is 14.2 Å². The average Bonchev–Trinajstić information content (AvgIpc) is 2.85. The average molecular weight is 276 g/mol. The van der Waals surface area contributed by atoms with Crippen molar-refractivity contribution in [2.24, 2.45) is 0 Å². The lowest BCUT2D eigenvalue weighted by molar-refractivity contribution is 0.270. The summed E-state index contributed by atoms with van der Waals surface area (Å²) in [5, 5.41) is 14.2. The molecule has 0 saturated heterocycles. The molecule has 0 bridgehead atoms. The van der Waals surface area contributed by atoms with Crippen molar-refractivity contribution in [3.05, 3.63) is 35.5 Å². The van der Waals surface area contributed by atoms with E-state index in [1.807, 2.05) is 38.1 Å². The van der Waals surface area contributed by atoms with Crippen LogP contribution in [0.5, 0.6) is 11.6 Å². The first-order valence-corrected chi connectivity index (χ1v) is 6.54. The van der Waals surface area contributed by atoms with Crippen LogP contribution in [-0.4, -0.2) is 29.1 Å². The second kappa shape index (κ2) is 5.96. The number of hydrogen-bond donors (Lipinski definition) is 1. The van der Waals surface area contributed by atoms with E-state index in [0.29, 0.717) is 17.2 Å². The van der Waals surface area contributed by atoms with Gasteiger partial charge in [0.1, 0.15) is 11.4 Å². The van der Waals surface area contributed by atoms with Crippen molar-refractivity contribution in [2.45, 2.75) is 26.4 Å². The van der Waals surface area contributed by atoms with Crippen LogP contribution in [0, 0.1) is 0 Å². The van der Waals surface area contributed by atoms with E-state index in [9.17, 15) is 5.11 Å². The highest BCUT2D eigenvalue weighted by Crippen LogP contribution is 2.33. The van der Waals surface area contributed by atoms with Gasteiger partial charge in [-0.15, -0.1) is 0 Å². The largest absolute Gasteiger partial charge is 0.494 e. The SMILES string of the molecule is COc1ccccc1-n1nc(C(C)C)c(CO)c1OC. The summed E-state index contributed by atoms with van der Waals surface area (Å²) in [5.74, 6) is 1.44. The monoisotopic (exact) mass is 276 g/mol. The Bertz CT molecular complexity index is 591. The predicted molar refractivity (Wildman–Crippen MR) is 76.7 cm³/mol. The molecule has 1 aromatic heterocycles. The zero-order valence-electron chi connectivity index (χ0n) is 12.3. The van der Waals surface area contributed by atoms with Crippen LogP contribution in [0.1, 0.15) is 31.0 Å². The summed E-state index contributed by atoms with van der Waals surface area (Å²) in [4.78, 5) is 0. The van der Waals surface area contributed by atoms with Crippen molar-refractivity contribution in [1.82, 2.24) is 9.78 Å². The Morgan fingerprint density at radius 1 is 1.20 bits per heavy atom. The number of nitrogens with zero attached hydrogens (tertiary/aromatic N) is 2. The maximum absolute atomic E-state index is 9.60. The van der Waals surface area contributed by atoms with E-state index in [1.165, 1.54) is 0 Å². The smallest absolute Gasteiger partial charge is 0.222 e. The number of para-hydroxylation sites is 2. The lowest BCUT2D eigenvalue weighted by Gasteiger charge is -2.10. The molecule has 5 nitrogen and oxygen atoms in total. The van der Waals surface area contributed by atoms with Crippen molar-refractivity contribution < 1.29 is 14.6 Å². The third-order valence-electron chi connectivity index (χ3n) is 3.18. The molecule has 2 rings (SSSR count). The minimum absolute atomic E-state index is 0.105. The number of aromatic nitrogens is 2. The van der Waals surface area contributed by atoms with Crippen LogP contribution in [0.15, 0.2) is 24.3 Å². The van der Waals surface area contributed by atoms with Gasteiger partial charge < -0.3 is 14.6 Å². The lowest BCUT2D eigenvalue weighted by atomic mass is 10.1. The summed E-state index contributed by atoms with van der Waals surface area (Å²) in [5.41, 5.74) is 2.33. The first kappa shape index (κ1) is 14.4. The minimum atomic E-state index is -0.105. The highest BCUT2D eigenvalue weighted by atomic mass is 16.5. The Morgan fingerprint density at radius 2 is 1.90 bits per heavy atom. The third kappa shape index (κ3) is 2.36. The van der Waals surface area contributed by atoms with E-state index in [-0.39, 0.29) is 12.5 Å². The van der Waals surface area contributed by atoms with Gasteiger partial charge in [0.2, 0.25) is 5.88 Å². The Labute approximate surface area is 118 Å². The molecule has 0 radical (unpaired) electrons. The molecule has 1 aromatic carbocycles. The Balaban J connectivity index is 2.67. The molecule has 0 spiro atoms. The van der Waals surface area contributed by atoms with Crippen molar-refractivity contribution in [3.63, 3.8) is 0 Å². The fourth-order valence-electron chi connectivity index (χ4n) is 2.24. The number of hydrogen-bond acceptors (Lipinski definition) is 4. The van der Waals surface area contributed by atoms with Gasteiger partial charge in [-0.05, 0) is 18.1 Å². The maximum Gasteiger partial charge on any atom is 0.222 e. The highest BCUT2D eigenvalue weighted by Gasteiger charge is 2.22. The molecular formula is C15H20N2O3. The zero-order valence-corrected chi connectivity index (χ0v) is 12.3. The fourth-order valence-corrected chi connectivity index (χ4v) is 2.24. The van der Waals surface area contributed by atoms with Gasteiger partial charge in [0.05, 0.1) is 32.1 Å². The zero-order chi connectivity index (χ0) is 14.7. The molecule has 1 heterocycles. The van der Waals surface area contributed by atoms with E-state index in [2.05, 4.69) is 5.10 Å². The van der Waals surface area contributed by atoms with Crippen LogP contribution >= 0.6 is 0 Å². The number of benzene rings is 1. The highest BCUT2D eigenvalue weighted by molar-refractivity contribution is 5.50. The molecule has 0 aliphatic carbocycles. The van der Waals surface area contributed by atoms with Crippen LogP contribution in [0.4, 0.5) is 0 Å². The summed E-state index contributed by atoms with van der Waals surface area (Å²) in [6, 6.07) is 7.57. The molecule has 0 aliphatic heterocycles. The first-order chi connectivity index (χ1) is 9.63. The van der Waals surface area contributed by atoms with Gasteiger partial charge in [-0.2, -0.15) is 9.78 Å². The van der Waals surface area contributed by atoms with Gasteiger partial charge in [0.25, 0.3) is 0 Å². The van der Waals surface area contributed by atoms with E-state index >= 15 is 0 Å². The summed E-state index contributed by atoms with van der Waals surface area (Å²) >= 11 is 0. The Kier molecular flexibility index (Phi) is 4.29. The Hall–Kier alpha value is -2.01. The fraction of sp³-hybridized carbons (Fsp3) is 0.400. The van der Waals surface area contributed by atoms with Gasteiger partial charge in [-0.3, -0.25) is 0 Å². The number of ether oxygens (including phenoxy) is 2. The number of aliphatic hydroxyl groups excluding tert-OH is 1. The molecular weight excluding hydrogens is 256 g/mol. The summed E-state index contributed by atoms with van der Waals surface area (Å²) in [6.07, 6.45) is 0. The van der Waals surface area contributed by atoms with Crippen LogP contribution in [0.25, 0.3) is 5.69 Å². The number of rotatable bonds is 5. The number of aliphatic hydroxyl groups is 1. The van der Waals surface area contributed by atoms with Crippen molar-refractivity contribution in [3.8, 4) is 17.3 Å². The summed E-state index contributed by atoms with van der Waals surface area (Å²) in [7, 11) is 3.19. The molecule has 5 heteroatoms. The van der Waals surface area contributed by atoms with Gasteiger partial charge in [-0.25, -0.2) is 0 Å².